The van der Waals surface area contributed by atoms with Crippen LogP contribution in [-0.4, -0.2) is 30.9 Å². The van der Waals surface area contributed by atoms with E-state index in [-0.39, 0.29) is 17.7 Å². The Balaban J connectivity index is 1.66. The van der Waals surface area contributed by atoms with Gasteiger partial charge in [0.2, 0.25) is 5.91 Å². The molecule has 148 valence electrons. The van der Waals surface area contributed by atoms with E-state index in [0.29, 0.717) is 10.0 Å². The van der Waals surface area contributed by atoms with E-state index in [9.17, 15) is 9.59 Å². The average Bonchev–Trinajstić information content (AvgIpc) is 3.21. The topological polar surface area (TPSA) is 61.4 Å². The molecule has 1 fully saturated rings. The van der Waals surface area contributed by atoms with Gasteiger partial charge in [0.15, 0.2) is 0 Å². The van der Waals surface area contributed by atoms with Gasteiger partial charge in [0, 0.05) is 28.9 Å². The number of anilines is 2. The zero-order chi connectivity index (χ0) is 20.1. The molecular formula is C22H26BrN3O2. The number of nitrogens with one attached hydrogen (secondary N) is 2. The van der Waals surface area contributed by atoms with Gasteiger partial charge in [0.1, 0.15) is 6.04 Å². The van der Waals surface area contributed by atoms with Crippen molar-refractivity contribution in [2.24, 2.45) is 5.92 Å². The van der Waals surface area contributed by atoms with Crippen molar-refractivity contribution in [3.63, 3.8) is 0 Å². The first-order valence-electron chi connectivity index (χ1n) is 9.67. The second-order valence-corrected chi connectivity index (χ2v) is 8.26. The van der Waals surface area contributed by atoms with Crippen LogP contribution in [0.4, 0.5) is 11.4 Å². The van der Waals surface area contributed by atoms with E-state index < -0.39 is 6.04 Å². The van der Waals surface area contributed by atoms with Crippen LogP contribution in [0.1, 0.15) is 37.0 Å². The molecule has 1 atom stereocenters. The predicted molar refractivity (Wildman–Crippen MR) is 117 cm³/mol. The first kappa shape index (κ1) is 20.4. The molecule has 2 amide bonds. The van der Waals surface area contributed by atoms with E-state index in [4.69, 9.17) is 0 Å². The molecule has 0 aliphatic carbocycles. The molecule has 1 aliphatic rings. The van der Waals surface area contributed by atoms with Crippen molar-refractivity contribution in [3.05, 3.63) is 58.6 Å². The highest BCUT2D eigenvalue weighted by atomic mass is 79.9. The second-order valence-electron chi connectivity index (χ2n) is 7.41. The summed E-state index contributed by atoms with van der Waals surface area (Å²) in [6.45, 7) is 6.01. The van der Waals surface area contributed by atoms with Crippen LogP contribution in [0.2, 0.25) is 0 Å². The smallest absolute Gasteiger partial charge is 0.253 e. The third-order valence-corrected chi connectivity index (χ3v) is 5.65. The molecule has 0 aromatic heterocycles. The summed E-state index contributed by atoms with van der Waals surface area (Å²) in [6, 6.07) is 14.4. The van der Waals surface area contributed by atoms with E-state index in [1.807, 2.05) is 44.2 Å². The van der Waals surface area contributed by atoms with Gasteiger partial charge in [-0.05, 0) is 71.1 Å². The van der Waals surface area contributed by atoms with Crippen molar-refractivity contribution < 1.29 is 9.59 Å². The number of carbonyl (C=O) groups excluding carboxylic acids is 2. The van der Waals surface area contributed by atoms with Crippen molar-refractivity contribution in [3.8, 4) is 0 Å². The Labute approximate surface area is 174 Å². The maximum atomic E-state index is 12.8. The zero-order valence-corrected chi connectivity index (χ0v) is 17.8. The molecular weight excluding hydrogens is 418 g/mol. The van der Waals surface area contributed by atoms with Crippen LogP contribution >= 0.6 is 15.9 Å². The highest BCUT2D eigenvalue weighted by molar-refractivity contribution is 9.10. The van der Waals surface area contributed by atoms with Crippen LogP contribution in [0.25, 0.3) is 0 Å². The van der Waals surface area contributed by atoms with Crippen LogP contribution in [0.15, 0.2) is 53.0 Å². The number of hydrogen-bond acceptors (Lipinski definition) is 3. The SMILES string of the molecule is CC(C)[C@@H](NC(=O)c1ccccc1Br)C(=O)Nc1ccc(N2CCCC2)cc1. The van der Waals surface area contributed by atoms with Crippen molar-refractivity contribution in [2.75, 3.05) is 23.3 Å². The average molecular weight is 444 g/mol. The lowest BCUT2D eigenvalue weighted by atomic mass is 10.0. The third kappa shape index (κ3) is 4.93. The molecule has 0 bridgehead atoms. The number of nitrogens with zero attached hydrogens (tertiary/aromatic N) is 1. The van der Waals surface area contributed by atoms with Crippen LogP contribution in [0.3, 0.4) is 0 Å². The lowest BCUT2D eigenvalue weighted by Crippen LogP contribution is -2.47. The Bertz CT molecular complexity index is 830. The number of benzene rings is 2. The summed E-state index contributed by atoms with van der Waals surface area (Å²) in [5.41, 5.74) is 2.42. The first-order valence-corrected chi connectivity index (χ1v) is 10.5. The van der Waals surface area contributed by atoms with Gasteiger partial charge in [0.25, 0.3) is 5.91 Å². The summed E-state index contributed by atoms with van der Waals surface area (Å²) in [5.74, 6) is -0.537. The van der Waals surface area contributed by atoms with E-state index in [1.54, 1.807) is 18.2 Å². The number of hydrogen-bond donors (Lipinski definition) is 2. The van der Waals surface area contributed by atoms with E-state index in [0.717, 1.165) is 18.8 Å². The van der Waals surface area contributed by atoms with Gasteiger partial charge in [-0.25, -0.2) is 0 Å². The van der Waals surface area contributed by atoms with Gasteiger partial charge in [0.05, 0.1) is 5.56 Å². The Morgan fingerprint density at radius 3 is 2.25 bits per heavy atom. The lowest BCUT2D eigenvalue weighted by Gasteiger charge is -2.22. The second kappa shape index (κ2) is 9.24. The summed E-state index contributed by atoms with van der Waals surface area (Å²) >= 11 is 3.38. The number of carbonyl (C=O) groups is 2. The number of rotatable bonds is 6. The largest absolute Gasteiger partial charge is 0.372 e. The Morgan fingerprint density at radius 1 is 1.00 bits per heavy atom. The van der Waals surface area contributed by atoms with Gasteiger partial charge in [-0.3, -0.25) is 9.59 Å². The van der Waals surface area contributed by atoms with Crippen LogP contribution in [0.5, 0.6) is 0 Å². The molecule has 3 rings (SSSR count). The summed E-state index contributed by atoms with van der Waals surface area (Å²) in [5, 5.41) is 5.79. The van der Waals surface area contributed by atoms with Gasteiger partial charge in [-0.2, -0.15) is 0 Å². The molecule has 2 aromatic rings. The maximum absolute atomic E-state index is 12.8. The molecule has 0 radical (unpaired) electrons. The molecule has 1 saturated heterocycles. The maximum Gasteiger partial charge on any atom is 0.253 e. The molecule has 2 N–H and O–H groups in total. The summed E-state index contributed by atoms with van der Waals surface area (Å²) in [6.07, 6.45) is 2.46. The fourth-order valence-corrected chi connectivity index (χ4v) is 3.82. The summed E-state index contributed by atoms with van der Waals surface area (Å²) in [4.78, 5) is 27.7. The molecule has 1 heterocycles. The molecule has 0 spiro atoms. The molecule has 0 saturated carbocycles. The summed E-state index contributed by atoms with van der Waals surface area (Å²) in [7, 11) is 0. The van der Waals surface area contributed by atoms with Crippen molar-refractivity contribution >= 4 is 39.1 Å². The molecule has 28 heavy (non-hydrogen) atoms. The van der Waals surface area contributed by atoms with Crippen LogP contribution < -0.4 is 15.5 Å². The van der Waals surface area contributed by atoms with E-state index >= 15 is 0 Å². The number of amides is 2. The molecule has 0 unspecified atom stereocenters. The Kier molecular flexibility index (Phi) is 6.73. The third-order valence-electron chi connectivity index (χ3n) is 4.96. The van der Waals surface area contributed by atoms with Gasteiger partial charge >= 0.3 is 0 Å². The number of halogens is 1. The van der Waals surface area contributed by atoms with Gasteiger partial charge in [-0.15, -0.1) is 0 Å². The van der Waals surface area contributed by atoms with Crippen LogP contribution in [0, 0.1) is 5.92 Å². The van der Waals surface area contributed by atoms with Gasteiger partial charge in [-0.1, -0.05) is 26.0 Å². The minimum absolute atomic E-state index is 0.0460. The van der Waals surface area contributed by atoms with Crippen molar-refractivity contribution in [2.45, 2.75) is 32.7 Å². The highest BCUT2D eigenvalue weighted by Crippen LogP contribution is 2.22. The minimum Gasteiger partial charge on any atom is -0.372 e. The van der Waals surface area contributed by atoms with Crippen LogP contribution in [-0.2, 0) is 4.79 Å². The van der Waals surface area contributed by atoms with Gasteiger partial charge < -0.3 is 15.5 Å². The molecule has 2 aromatic carbocycles. The van der Waals surface area contributed by atoms with Crippen molar-refractivity contribution in [1.29, 1.82) is 0 Å². The fourth-order valence-electron chi connectivity index (χ4n) is 3.35. The minimum atomic E-state index is -0.627. The molecule has 1 aliphatic heterocycles. The monoisotopic (exact) mass is 443 g/mol. The lowest BCUT2D eigenvalue weighted by molar-refractivity contribution is -0.118. The Morgan fingerprint density at radius 2 is 1.64 bits per heavy atom. The molecule has 6 heteroatoms. The fraction of sp³-hybridized carbons (Fsp3) is 0.364. The zero-order valence-electron chi connectivity index (χ0n) is 16.2. The quantitative estimate of drug-likeness (QED) is 0.693. The van der Waals surface area contributed by atoms with Crippen molar-refractivity contribution in [1.82, 2.24) is 5.32 Å². The van der Waals surface area contributed by atoms with E-state index in [2.05, 4.69) is 31.5 Å². The Hall–Kier alpha value is -2.34. The first-order chi connectivity index (χ1) is 13.5. The highest BCUT2D eigenvalue weighted by Gasteiger charge is 2.25. The predicted octanol–water partition coefficient (Wildman–Crippen LogP) is 4.44. The molecule has 5 nitrogen and oxygen atoms in total. The summed E-state index contributed by atoms with van der Waals surface area (Å²) < 4.78 is 0.702. The normalized spacial score (nSPS) is 14.8. The van der Waals surface area contributed by atoms with E-state index in [1.165, 1.54) is 18.5 Å². The standard InChI is InChI=1S/C22H26BrN3O2/c1-15(2)20(25-21(27)18-7-3-4-8-19(18)23)22(28)24-16-9-11-17(12-10-16)26-13-5-6-14-26/h3-4,7-12,15,20H,5-6,13-14H2,1-2H3,(H,24,28)(H,25,27)/t20-/m1/s1.